The van der Waals surface area contributed by atoms with Crippen molar-refractivity contribution in [3.05, 3.63) is 34.2 Å². The average molecular weight is 430 g/mol. The van der Waals surface area contributed by atoms with Gasteiger partial charge in [0.2, 0.25) is 0 Å². The zero-order chi connectivity index (χ0) is 21.2. The zero-order valence-electron chi connectivity index (χ0n) is 13.9. The predicted octanol–water partition coefficient (Wildman–Crippen LogP) is 2.87. The van der Waals surface area contributed by atoms with Crippen LogP contribution in [-0.2, 0) is 32.5 Å². The number of nitrogens with zero attached hydrogens (tertiary/aromatic N) is 2. The quantitative estimate of drug-likeness (QED) is 0.533. The molecule has 1 heterocycles. The lowest BCUT2D eigenvalue weighted by Crippen LogP contribution is -2.30. The molecule has 0 unspecified atom stereocenters. The maximum Gasteiger partial charge on any atom is 0.480 e. The Bertz CT molecular complexity index is 765. The molecule has 0 bridgehead atoms. The third-order valence-corrected chi connectivity index (χ3v) is 5.37. The van der Waals surface area contributed by atoms with Crippen molar-refractivity contribution in [2.75, 3.05) is 0 Å². The van der Waals surface area contributed by atoms with Crippen LogP contribution in [0.1, 0.15) is 26.3 Å². The van der Waals surface area contributed by atoms with Crippen molar-refractivity contribution >= 4 is 20.0 Å². The van der Waals surface area contributed by atoms with Crippen LogP contribution >= 0.6 is 0 Å². The molecule has 0 saturated carbocycles. The molecule has 26 heavy (non-hydrogen) atoms. The Morgan fingerprint density at radius 2 is 1.12 bits per heavy atom. The van der Waals surface area contributed by atoms with Crippen LogP contribution in [0.4, 0.5) is 26.3 Å². The van der Waals surface area contributed by atoms with E-state index in [9.17, 15) is 43.2 Å². The molecule has 14 heteroatoms. The molecule has 0 atom stereocenters. The van der Waals surface area contributed by atoms with Gasteiger partial charge in [-0.1, -0.05) is 20.8 Å². The summed E-state index contributed by atoms with van der Waals surface area (Å²) in [6.45, 7) is 6.67. The molecule has 6 nitrogen and oxygen atoms in total. The van der Waals surface area contributed by atoms with Gasteiger partial charge >= 0.3 is 11.0 Å². The molecule has 0 spiro atoms. The second-order valence-corrected chi connectivity index (χ2v) is 9.34. The van der Waals surface area contributed by atoms with Gasteiger partial charge in [-0.3, -0.25) is 0 Å². The average Bonchev–Trinajstić information content (AvgIpc) is 2.34. The highest BCUT2D eigenvalue weighted by Crippen LogP contribution is 2.36. The van der Waals surface area contributed by atoms with Gasteiger partial charge in [0.15, 0.2) is 32.4 Å². The number of hydrogen-bond donors (Lipinski definition) is 0. The second-order valence-electron chi connectivity index (χ2n) is 5.92. The van der Waals surface area contributed by atoms with Crippen LogP contribution in [0.15, 0.2) is 24.5 Å². The van der Waals surface area contributed by atoms with E-state index >= 15 is 0 Å². The summed E-state index contributed by atoms with van der Waals surface area (Å²) in [6.07, 6.45) is 4.17. The third kappa shape index (κ3) is 7.07. The molecule has 0 aliphatic heterocycles. The molecule has 0 fully saturated rings. The third-order valence-electron chi connectivity index (χ3n) is 2.63. The first-order chi connectivity index (χ1) is 11.2. The molecule has 1 aromatic rings. The predicted molar refractivity (Wildman–Crippen MR) is 79.6 cm³/mol. The summed E-state index contributed by atoms with van der Waals surface area (Å²) in [4.78, 5) is 0. The Morgan fingerprint density at radius 3 is 1.35 bits per heavy atom. The molecule has 0 N–H and O–H groups in total. The normalized spacial score (nSPS) is 13.8. The van der Waals surface area contributed by atoms with E-state index in [1.807, 2.05) is 7.05 Å². The molecule has 0 amide bonds. The van der Waals surface area contributed by atoms with Gasteiger partial charge in [0, 0.05) is 12.1 Å². The van der Waals surface area contributed by atoms with Crippen molar-refractivity contribution < 1.29 is 47.7 Å². The number of pyridine rings is 1. The molecular weight excluding hydrogens is 414 g/mol. The number of alkyl halides is 6. The van der Waals surface area contributed by atoms with Crippen molar-refractivity contribution in [1.29, 1.82) is 0 Å². The molecule has 0 aliphatic rings. The van der Waals surface area contributed by atoms with Gasteiger partial charge < -0.3 is 4.13 Å². The highest BCUT2D eigenvalue weighted by molar-refractivity contribution is 8.13. The maximum absolute atomic E-state index is 11.4. The Balaban J connectivity index is 0.000000502. The van der Waals surface area contributed by atoms with Crippen molar-refractivity contribution in [2.45, 2.75) is 37.2 Å². The first-order valence-electron chi connectivity index (χ1n) is 6.53. The fourth-order valence-electron chi connectivity index (χ4n) is 1.21. The van der Waals surface area contributed by atoms with Gasteiger partial charge in [-0.05, 0) is 11.0 Å². The van der Waals surface area contributed by atoms with Gasteiger partial charge in [0.05, 0.1) is 0 Å². The summed E-state index contributed by atoms with van der Waals surface area (Å²) < 4.78 is 111. The maximum atomic E-state index is 11.4. The number of sulfonamides is 2. The van der Waals surface area contributed by atoms with E-state index in [1.54, 1.807) is 0 Å². The lowest BCUT2D eigenvalue weighted by Gasteiger charge is -2.22. The molecular formula is C12H16F6N2O4S2. The van der Waals surface area contributed by atoms with Crippen molar-refractivity contribution in [2.24, 2.45) is 7.05 Å². The molecule has 0 aromatic carbocycles. The number of aryl methyl sites for hydroxylation is 1. The number of aromatic nitrogens is 1. The van der Waals surface area contributed by atoms with E-state index in [4.69, 9.17) is 0 Å². The van der Waals surface area contributed by atoms with Crippen LogP contribution < -0.4 is 4.57 Å². The topological polar surface area (TPSA) is 86.3 Å². The number of halogens is 6. The van der Waals surface area contributed by atoms with Crippen molar-refractivity contribution in [3.63, 3.8) is 0 Å². The summed E-state index contributed by atoms with van der Waals surface area (Å²) in [5, 5.41) is 0. The van der Waals surface area contributed by atoms with Crippen molar-refractivity contribution in [3.8, 4) is 0 Å². The Labute approximate surface area is 146 Å². The summed E-state index contributed by atoms with van der Waals surface area (Å²) in [6, 6.07) is 4.33. The van der Waals surface area contributed by atoms with E-state index in [-0.39, 0.29) is 5.41 Å². The Morgan fingerprint density at radius 1 is 0.808 bits per heavy atom. The molecule has 152 valence electrons. The second kappa shape index (κ2) is 7.68. The molecule has 1 rings (SSSR count). The van der Waals surface area contributed by atoms with E-state index in [1.165, 1.54) is 5.56 Å². The summed E-state index contributed by atoms with van der Waals surface area (Å²) in [5.41, 5.74) is -10.7. The van der Waals surface area contributed by atoms with Crippen LogP contribution in [0.3, 0.4) is 0 Å². The van der Waals surface area contributed by atoms with Gasteiger partial charge in [0.25, 0.3) is 0 Å². The van der Waals surface area contributed by atoms with E-state index in [0.29, 0.717) is 0 Å². The molecule has 0 aliphatic carbocycles. The highest BCUT2D eigenvalue weighted by atomic mass is 32.3. The monoisotopic (exact) mass is 430 g/mol. The van der Waals surface area contributed by atoms with Crippen LogP contribution in [-0.4, -0.2) is 27.9 Å². The summed E-state index contributed by atoms with van der Waals surface area (Å²) >= 11 is 0. The van der Waals surface area contributed by atoms with E-state index in [2.05, 4.69) is 49.9 Å². The highest BCUT2D eigenvalue weighted by Gasteiger charge is 2.46. The Kier molecular flexibility index (Phi) is 7.26. The van der Waals surface area contributed by atoms with Crippen LogP contribution in [0.2, 0.25) is 0 Å². The summed E-state index contributed by atoms with van der Waals surface area (Å²) in [7, 11) is -11.4. The lowest BCUT2D eigenvalue weighted by atomic mass is 9.88. The standard InChI is InChI=1S/C10H16N.C2F6NO4S2/c1-10(2,3)9-5-7-11(4)8-6-9;3-1(4,5)14(10,11)9-15(12,13)2(6,7)8/h5-8H,1-4H3;/q+1;-1. The fraction of sp³-hybridized carbons (Fsp3) is 0.583. The van der Waals surface area contributed by atoms with Crippen LogP contribution in [0, 0.1) is 0 Å². The minimum absolute atomic E-state index is 0.272. The van der Waals surface area contributed by atoms with Crippen LogP contribution in [0.25, 0.3) is 4.13 Å². The lowest BCUT2D eigenvalue weighted by molar-refractivity contribution is -0.671. The SMILES string of the molecule is C[n+]1ccc(C(C)(C)C)cc1.O=S(=O)([N-]S(=O)(=O)C(F)(F)F)C(F)(F)F. The van der Waals surface area contributed by atoms with E-state index in [0.717, 1.165) is 4.13 Å². The molecule has 1 aromatic heterocycles. The number of rotatable bonds is 2. The van der Waals surface area contributed by atoms with Gasteiger partial charge in [-0.25, -0.2) is 21.4 Å². The minimum Gasteiger partial charge on any atom is -0.421 e. The van der Waals surface area contributed by atoms with Gasteiger partial charge in [-0.2, -0.15) is 26.3 Å². The minimum atomic E-state index is -6.72. The summed E-state index contributed by atoms with van der Waals surface area (Å²) in [5.74, 6) is 0. The molecule has 0 saturated heterocycles. The first kappa shape index (κ1) is 24.6. The Hall–Kier alpha value is -1.41. The smallest absolute Gasteiger partial charge is 0.421 e. The zero-order valence-corrected chi connectivity index (χ0v) is 15.6. The molecule has 0 radical (unpaired) electrons. The van der Waals surface area contributed by atoms with Crippen molar-refractivity contribution in [1.82, 2.24) is 0 Å². The largest absolute Gasteiger partial charge is 0.480 e. The fourth-order valence-corrected chi connectivity index (χ4v) is 2.92. The van der Waals surface area contributed by atoms with Gasteiger partial charge in [-0.15, -0.1) is 0 Å². The van der Waals surface area contributed by atoms with Crippen LogP contribution in [0.5, 0.6) is 0 Å². The first-order valence-corrected chi connectivity index (χ1v) is 9.41. The van der Waals surface area contributed by atoms with Gasteiger partial charge in [0.1, 0.15) is 7.05 Å². The van der Waals surface area contributed by atoms with E-state index < -0.39 is 31.1 Å². The number of hydrogen-bond acceptors (Lipinski definition) is 4.